The lowest BCUT2D eigenvalue weighted by Gasteiger charge is -2.33. The summed E-state index contributed by atoms with van der Waals surface area (Å²) in [4.78, 5) is 26.2. The van der Waals surface area contributed by atoms with Gasteiger partial charge in [0.25, 0.3) is 0 Å². The molecule has 0 unspecified atom stereocenters. The minimum Gasteiger partial charge on any atom is -0.444 e. The summed E-state index contributed by atoms with van der Waals surface area (Å²) in [5.41, 5.74) is 0.454. The Balaban J connectivity index is 1.56. The average Bonchev–Trinajstić information content (AvgIpc) is 2.86. The first-order valence-corrected chi connectivity index (χ1v) is 10.2. The van der Waals surface area contributed by atoms with Crippen LogP contribution in [0.5, 0.6) is 0 Å². The molecule has 1 fully saturated rings. The molecule has 0 N–H and O–H groups in total. The number of piperidine rings is 1. The van der Waals surface area contributed by atoms with Gasteiger partial charge >= 0.3 is 11.0 Å². The maximum atomic E-state index is 12.3. The van der Waals surface area contributed by atoms with Gasteiger partial charge in [0.15, 0.2) is 0 Å². The summed E-state index contributed by atoms with van der Waals surface area (Å²) in [6.07, 6.45) is 2.58. The van der Waals surface area contributed by atoms with Crippen molar-refractivity contribution in [3.05, 3.63) is 32.9 Å². The Morgan fingerprint density at radius 1 is 1.31 bits per heavy atom. The number of carbonyl (C=O) groups excluding carboxylic acids is 1. The van der Waals surface area contributed by atoms with Crippen molar-refractivity contribution in [2.45, 2.75) is 52.2 Å². The molecule has 0 atom stereocenters. The van der Waals surface area contributed by atoms with E-state index < -0.39 is 5.60 Å². The molecule has 0 saturated carbocycles. The third kappa shape index (κ3) is 4.60. The number of amides is 1. The maximum absolute atomic E-state index is 12.3. The second-order valence-corrected chi connectivity index (χ2v) is 9.26. The monoisotopic (exact) mass is 396 g/mol. The Hall–Kier alpha value is -1.53. The average molecular weight is 397 g/mol. The molecule has 1 aliphatic heterocycles. The number of rotatable bonds is 3. The molecule has 142 valence electrons. The molecule has 0 bridgehead atoms. The van der Waals surface area contributed by atoms with E-state index in [9.17, 15) is 9.59 Å². The maximum Gasteiger partial charge on any atom is 0.410 e. The van der Waals surface area contributed by atoms with E-state index in [2.05, 4.69) is 0 Å². The number of hydrogen-bond donors (Lipinski definition) is 0. The van der Waals surface area contributed by atoms with Crippen molar-refractivity contribution >= 4 is 39.2 Å². The van der Waals surface area contributed by atoms with Crippen LogP contribution in [0.25, 0.3) is 10.2 Å². The minimum atomic E-state index is -0.462. The predicted octanol–water partition coefficient (Wildman–Crippen LogP) is 4.75. The van der Waals surface area contributed by atoms with Crippen molar-refractivity contribution < 1.29 is 9.53 Å². The van der Waals surface area contributed by atoms with Crippen LogP contribution in [0, 0.1) is 5.92 Å². The van der Waals surface area contributed by atoms with E-state index in [0.29, 0.717) is 30.6 Å². The summed E-state index contributed by atoms with van der Waals surface area (Å²) in [5, 5.41) is 0.648. The summed E-state index contributed by atoms with van der Waals surface area (Å²) >= 11 is 7.34. The van der Waals surface area contributed by atoms with Gasteiger partial charge < -0.3 is 9.64 Å². The van der Waals surface area contributed by atoms with Gasteiger partial charge in [0.2, 0.25) is 0 Å². The normalized spacial score (nSPS) is 16.2. The van der Waals surface area contributed by atoms with Gasteiger partial charge in [-0.1, -0.05) is 22.9 Å². The van der Waals surface area contributed by atoms with Gasteiger partial charge in [-0.05, 0) is 64.2 Å². The van der Waals surface area contributed by atoms with Crippen LogP contribution in [0.15, 0.2) is 23.0 Å². The number of nitrogens with zero attached hydrogens (tertiary/aromatic N) is 2. The molecule has 3 rings (SSSR count). The van der Waals surface area contributed by atoms with E-state index in [0.717, 1.165) is 29.5 Å². The Labute approximate surface area is 162 Å². The highest BCUT2D eigenvalue weighted by molar-refractivity contribution is 7.16. The van der Waals surface area contributed by atoms with Gasteiger partial charge in [-0.15, -0.1) is 0 Å². The molecule has 1 amide bonds. The molecule has 0 radical (unpaired) electrons. The Morgan fingerprint density at radius 2 is 2.00 bits per heavy atom. The molecule has 26 heavy (non-hydrogen) atoms. The molecule has 1 aromatic carbocycles. The highest BCUT2D eigenvalue weighted by Crippen LogP contribution is 2.25. The van der Waals surface area contributed by atoms with E-state index >= 15 is 0 Å². The number of hydrogen-bond acceptors (Lipinski definition) is 4. The summed E-state index contributed by atoms with van der Waals surface area (Å²) < 4.78 is 8.23. The van der Waals surface area contributed by atoms with Crippen LogP contribution in [0.4, 0.5) is 4.79 Å². The van der Waals surface area contributed by atoms with Gasteiger partial charge in [0, 0.05) is 24.7 Å². The fourth-order valence-electron chi connectivity index (χ4n) is 3.29. The number of carbonyl (C=O) groups is 1. The third-order valence-corrected chi connectivity index (χ3v) is 5.85. The second kappa shape index (κ2) is 7.61. The summed E-state index contributed by atoms with van der Waals surface area (Å²) in [6, 6.07) is 5.58. The van der Waals surface area contributed by atoms with Crippen LogP contribution in [0.1, 0.15) is 40.0 Å². The number of fused-ring (bicyclic) bond motifs is 1. The van der Waals surface area contributed by atoms with Gasteiger partial charge in [0.05, 0.1) is 10.2 Å². The number of aryl methyl sites for hydroxylation is 1. The van der Waals surface area contributed by atoms with Gasteiger partial charge in [-0.3, -0.25) is 9.36 Å². The van der Waals surface area contributed by atoms with Gasteiger partial charge in [-0.2, -0.15) is 0 Å². The largest absolute Gasteiger partial charge is 0.444 e. The molecule has 5 nitrogen and oxygen atoms in total. The van der Waals surface area contributed by atoms with E-state index in [-0.39, 0.29) is 11.0 Å². The predicted molar refractivity (Wildman–Crippen MR) is 106 cm³/mol. The Bertz CT molecular complexity index is 845. The lowest BCUT2D eigenvalue weighted by Crippen LogP contribution is -2.41. The number of benzene rings is 1. The Morgan fingerprint density at radius 3 is 2.65 bits per heavy atom. The van der Waals surface area contributed by atoms with Crippen molar-refractivity contribution in [1.82, 2.24) is 9.47 Å². The zero-order valence-corrected chi connectivity index (χ0v) is 17.0. The molecule has 2 heterocycles. The second-order valence-electron chi connectivity index (χ2n) is 7.83. The van der Waals surface area contributed by atoms with Crippen molar-refractivity contribution in [2.75, 3.05) is 13.1 Å². The summed E-state index contributed by atoms with van der Waals surface area (Å²) in [7, 11) is 0. The quantitative estimate of drug-likeness (QED) is 0.751. The zero-order chi connectivity index (χ0) is 18.9. The van der Waals surface area contributed by atoms with Crippen LogP contribution in [-0.2, 0) is 11.3 Å². The van der Waals surface area contributed by atoms with Crippen molar-refractivity contribution in [3.8, 4) is 0 Å². The van der Waals surface area contributed by atoms with Crippen LogP contribution >= 0.6 is 22.9 Å². The summed E-state index contributed by atoms with van der Waals surface area (Å²) in [6.45, 7) is 7.76. The van der Waals surface area contributed by atoms with Crippen molar-refractivity contribution in [2.24, 2.45) is 5.92 Å². The van der Waals surface area contributed by atoms with Crippen LogP contribution in [-0.4, -0.2) is 34.3 Å². The molecular formula is C19H25ClN2O3S. The number of aromatic nitrogens is 1. The molecular weight excluding hydrogens is 372 g/mol. The standard InChI is InChI=1S/C19H25ClN2O3S/c1-19(2,3)25-17(23)21-9-6-13(7-10-21)8-11-22-15-12-14(20)4-5-16(15)26-18(22)24/h4-5,12-13H,6-11H2,1-3H3. The number of ether oxygens (including phenoxy) is 1. The fourth-order valence-corrected chi connectivity index (χ4v) is 4.35. The highest BCUT2D eigenvalue weighted by atomic mass is 35.5. The van der Waals surface area contributed by atoms with Crippen molar-refractivity contribution in [3.63, 3.8) is 0 Å². The van der Waals surface area contributed by atoms with Crippen LogP contribution in [0.2, 0.25) is 5.02 Å². The molecule has 1 aliphatic rings. The molecule has 2 aromatic rings. The number of likely N-dealkylation sites (tertiary alicyclic amines) is 1. The van der Waals surface area contributed by atoms with E-state index in [4.69, 9.17) is 16.3 Å². The van der Waals surface area contributed by atoms with E-state index in [1.165, 1.54) is 11.3 Å². The Kier molecular flexibility index (Phi) is 5.63. The van der Waals surface area contributed by atoms with Crippen molar-refractivity contribution in [1.29, 1.82) is 0 Å². The van der Waals surface area contributed by atoms with E-state index in [1.54, 1.807) is 4.90 Å². The van der Waals surface area contributed by atoms with Gasteiger partial charge in [-0.25, -0.2) is 4.79 Å². The molecule has 1 saturated heterocycles. The topological polar surface area (TPSA) is 51.5 Å². The zero-order valence-electron chi connectivity index (χ0n) is 15.5. The molecule has 1 aromatic heterocycles. The number of thiazole rings is 1. The highest BCUT2D eigenvalue weighted by Gasteiger charge is 2.26. The fraction of sp³-hybridized carbons (Fsp3) is 0.579. The molecule has 0 aliphatic carbocycles. The van der Waals surface area contributed by atoms with Gasteiger partial charge in [0.1, 0.15) is 5.60 Å². The molecule has 7 heteroatoms. The lowest BCUT2D eigenvalue weighted by atomic mass is 9.94. The molecule has 0 spiro atoms. The van der Waals surface area contributed by atoms with Crippen LogP contribution < -0.4 is 4.87 Å². The SMILES string of the molecule is CC(C)(C)OC(=O)N1CCC(CCn2c(=O)sc3ccc(Cl)cc32)CC1. The third-order valence-electron chi connectivity index (χ3n) is 4.66. The van der Waals surface area contributed by atoms with E-state index in [1.807, 2.05) is 43.5 Å². The first kappa shape index (κ1) is 19.2. The lowest BCUT2D eigenvalue weighted by molar-refractivity contribution is 0.0180. The number of halogens is 1. The smallest absolute Gasteiger partial charge is 0.410 e. The van der Waals surface area contributed by atoms with Crippen LogP contribution in [0.3, 0.4) is 0 Å². The first-order valence-electron chi connectivity index (χ1n) is 9.00. The minimum absolute atomic E-state index is 0.0634. The summed E-state index contributed by atoms with van der Waals surface area (Å²) in [5.74, 6) is 0.509. The first-order chi connectivity index (χ1) is 12.2.